The summed E-state index contributed by atoms with van der Waals surface area (Å²) in [5.41, 5.74) is 3.48. The summed E-state index contributed by atoms with van der Waals surface area (Å²) in [4.78, 5) is 17.8. The maximum Gasteiger partial charge on any atom is 0.254 e. The van der Waals surface area contributed by atoms with E-state index in [1.165, 1.54) is 30.4 Å². The fourth-order valence-electron chi connectivity index (χ4n) is 5.26. The van der Waals surface area contributed by atoms with Crippen molar-refractivity contribution in [2.24, 2.45) is 0 Å². The average molecular weight is 499 g/mol. The van der Waals surface area contributed by atoms with E-state index >= 15 is 0 Å². The van der Waals surface area contributed by atoms with Crippen molar-refractivity contribution in [1.29, 1.82) is 0 Å². The third kappa shape index (κ3) is 8.63. The first-order valence-electron chi connectivity index (χ1n) is 13.5. The molecule has 35 heavy (non-hydrogen) atoms. The van der Waals surface area contributed by atoms with E-state index in [4.69, 9.17) is 16.7 Å². The molecule has 1 aliphatic carbocycles. The Morgan fingerprint density at radius 2 is 1.60 bits per heavy atom. The molecule has 3 rings (SSSR count). The first kappa shape index (κ1) is 27.7. The number of aliphatic hydroxyl groups excluding tert-OH is 1. The summed E-state index contributed by atoms with van der Waals surface area (Å²) in [5.74, 6) is 0.719. The van der Waals surface area contributed by atoms with E-state index in [0.29, 0.717) is 17.0 Å². The summed E-state index contributed by atoms with van der Waals surface area (Å²) in [6.45, 7) is 5.13. The fraction of sp³-hybridized carbons (Fsp3) is 0.567. The van der Waals surface area contributed by atoms with Gasteiger partial charge in [-0.15, -0.1) is 0 Å². The van der Waals surface area contributed by atoms with Crippen molar-refractivity contribution in [2.75, 3.05) is 26.7 Å². The predicted octanol–water partition coefficient (Wildman–Crippen LogP) is 6.90. The Morgan fingerprint density at radius 3 is 2.23 bits per heavy atom. The molecule has 0 atom stereocenters. The van der Waals surface area contributed by atoms with Gasteiger partial charge >= 0.3 is 0 Å². The molecule has 0 spiro atoms. The molecular weight excluding hydrogens is 456 g/mol. The summed E-state index contributed by atoms with van der Waals surface area (Å²) in [6.07, 6.45) is 9.86. The predicted molar refractivity (Wildman–Crippen MR) is 146 cm³/mol. The molecule has 0 bridgehead atoms. The number of carbonyl (C=O) groups is 1. The zero-order chi connectivity index (χ0) is 25.0. The number of unbranched alkanes of at least 4 members (excludes halogenated alkanes) is 3. The lowest BCUT2D eigenvalue weighted by Gasteiger charge is -2.37. The van der Waals surface area contributed by atoms with Crippen molar-refractivity contribution >= 4 is 17.5 Å². The normalized spacial score (nSPS) is 18.1. The van der Waals surface area contributed by atoms with Gasteiger partial charge in [0, 0.05) is 42.9 Å². The van der Waals surface area contributed by atoms with Gasteiger partial charge in [0.15, 0.2) is 0 Å². The number of carbonyl (C=O) groups excluding carboxylic acids is 1. The minimum absolute atomic E-state index is 0.149. The van der Waals surface area contributed by atoms with Crippen molar-refractivity contribution in [3.05, 3.63) is 70.2 Å². The standard InChI is InChI=1S/C30H43ClN2O2/c1-3-4-5-6-21-33(30(35)27-12-16-28(31)17-13-27)29-18-14-26(15-19-29)25-10-8-24(9-11-25)23-32(2)20-7-22-34/h8-13,16-17,26,29,34H,3-7,14-15,18-23H2,1-2H3. The van der Waals surface area contributed by atoms with Crippen molar-refractivity contribution in [2.45, 2.75) is 83.2 Å². The van der Waals surface area contributed by atoms with Crippen molar-refractivity contribution in [1.82, 2.24) is 9.80 Å². The number of amides is 1. The van der Waals surface area contributed by atoms with Crippen molar-refractivity contribution in [3.63, 3.8) is 0 Å². The first-order valence-corrected chi connectivity index (χ1v) is 13.8. The van der Waals surface area contributed by atoms with Gasteiger partial charge in [0.2, 0.25) is 0 Å². The number of hydrogen-bond donors (Lipinski definition) is 1. The van der Waals surface area contributed by atoms with Gasteiger partial charge in [0.1, 0.15) is 0 Å². The van der Waals surface area contributed by atoms with Gasteiger partial charge in [0.05, 0.1) is 0 Å². The quantitative estimate of drug-likeness (QED) is 0.305. The highest BCUT2D eigenvalue weighted by atomic mass is 35.5. The highest BCUT2D eigenvalue weighted by molar-refractivity contribution is 6.30. The Balaban J connectivity index is 1.58. The highest BCUT2D eigenvalue weighted by Gasteiger charge is 2.29. The molecule has 0 saturated heterocycles. The molecule has 5 heteroatoms. The highest BCUT2D eigenvalue weighted by Crippen LogP contribution is 2.35. The molecule has 0 aromatic heterocycles. The summed E-state index contributed by atoms with van der Waals surface area (Å²) < 4.78 is 0. The van der Waals surface area contributed by atoms with E-state index in [9.17, 15) is 4.79 Å². The van der Waals surface area contributed by atoms with E-state index in [1.54, 1.807) is 0 Å². The third-order valence-electron chi connectivity index (χ3n) is 7.34. The van der Waals surface area contributed by atoms with E-state index < -0.39 is 0 Å². The van der Waals surface area contributed by atoms with Crippen LogP contribution < -0.4 is 0 Å². The Labute approximate surface area is 217 Å². The van der Waals surface area contributed by atoms with Crippen LogP contribution in [0.1, 0.15) is 92.1 Å². The van der Waals surface area contributed by atoms with Crippen LogP contribution in [0.2, 0.25) is 5.02 Å². The van der Waals surface area contributed by atoms with E-state index in [1.807, 2.05) is 24.3 Å². The molecule has 1 saturated carbocycles. The molecule has 1 N–H and O–H groups in total. The third-order valence-corrected chi connectivity index (χ3v) is 7.60. The maximum absolute atomic E-state index is 13.4. The molecule has 1 aliphatic rings. The van der Waals surface area contributed by atoms with Gasteiger partial charge < -0.3 is 14.9 Å². The summed E-state index contributed by atoms with van der Waals surface area (Å²) in [5, 5.41) is 9.69. The molecule has 0 unspecified atom stereocenters. The van der Waals surface area contributed by atoms with Gasteiger partial charge in [-0.05, 0) is 86.9 Å². The topological polar surface area (TPSA) is 43.8 Å². The number of halogens is 1. The number of nitrogens with zero attached hydrogens (tertiary/aromatic N) is 2. The summed E-state index contributed by atoms with van der Waals surface area (Å²) >= 11 is 6.06. The average Bonchev–Trinajstić information content (AvgIpc) is 2.88. The maximum atomic E-state index is 13.4. The van der Waals surface area contributed by atoms with Crippen LogP contribution in [0.5, 0.6) is 0 Å². The van der Waals surface area contributed by atoms with Crippen LogP contribution in [0.4, 0.5) is 0 Å². The van der Waals surface area contributed by atoms with Crippen molar-refractivity contribution < 1.29 is 9.90 Å². The van der Waals surface area contributed by atoms with Gasteiger partial charge in [-0.3, -0.25) is 4.79 Å². The lowest BCUT2D eigenvalue weighted by molar-refractivity contribution is 0.0621. The van der Waals surface area contributed by atoms with Crippen LogP contribution in [0.3, 0.4) is 0 Å². The molecule has 0 heterocycles. The molecule has 1 fully saturated rings. The molecule has 1 amide bonds. The Hall–Kier alpha value is -1.88. The monoisotopic (exact) mass is 498 g/mol. The van der Waals surface area contributed by atoms with Gasteiger partial charge in [-0.25, -0.2) is 0 Å². The second-order valence-electron chi connectivity index (χ2n) is 10.1. The minimum atomic E-state index is 0.149. The zero-order valence-corrected chi connectivity index (χ0v) is 22.3. The minimum Gasteiger partial charge on any atom is -0.396 e. The zero-order valence-electron chi connectivity index (χ0n) is 21.6. The van der Waals surface area contributed by atoms with Gasteiger partial charge in [0.25, 0.3) is 5.91 Å². The molecule has 2 aromatic carbocycles. The number of hydrogen-bond acceptors (Lipinski definition) is 3. The van der Waals surface area contributed by atoms with Crippen molar-refractivity contribution in [3.8, 4) is 0 Å². The van der Waals surface area contributed by atoms with Crippen LogP contribution in [-0.4, -0.2) is 53.6 Å². The van der Waals surface area contributed by atoms with Crippen LogP contribution in [0.25, 0.3) is 0 Å². The van der Waals surface area contributed by atoms with Gasteiger partial charge in [-0.1, -0.05) is 62.1 Å². The van der Waals surface area contributed by atoms with Crippen LogP contribution in [0.15, 0.2) is 48.5 Å². The Bertz CT molecular complexity index is 876. The summed E-state index contributed by atoms with van der Waals surface area (Å²) in [7, 11) is 2.10. The van der Waals surface area contributed by atoms with Crippen LogP contribution in [-0.2, 0) is 6.54 Å². The molecule has 4 nitrogen and oxygen atoms in total. The molecule has 0 radical (unpaired) electrons. The second kappa shape index (κ2) is 14.6. The largest absolute Gasteiger partial charge is 0.396 e. The Kier molecular flexibility index (Phi) is 11.6. The number of rotatable bonds is 13. The van der Waals surface area contributed by atoms with Crippen LogP contribution >= 0.6 is 11.6 Å². The second-order valence-corrected chi connectivity index (χ2v) is 10.6. The summed E-state index contributed by atoms with van der Waals surface area (Å²) in [6, 6.07) is 16.8. The van der Waals surface area contributed by atoms with E-state index in [-0.39, 0.29) is 12.5 Å². The molecule has 0 aliphatic heterocycles. The SMILES string of the molecule is CCCCCCN(C(=O)c1ccc(Cl)cc1)C1CCC(c2ccc(CN(C)CCCO)cc2)CC1. The lowest BCUT2D eigenvalue weighted by atomic mass is 9.81. The number of aliphatic hydroxyl groups is 1. The first-order chi connectivity index (χ1) is 17.0. The molecule has 2 aromatic rings. The smallest absolute Gasteiger partial charge is 0.254 e. The number of benzene rings is 2. The fourth-order valence-corrected chi connectivity index (χ4v) is 5.39. The van der Waals surface area contributed by atoms with Gasteiger partial charge in [-0.2, -0.15) is 0 Å². The van der Waals surface area contributed by atoms with E-state index in [0.717, 1.165) is 63.7 Å². The van der Waals surface area contributed by atoms with Crippen LogP contribution in [0, 0.1) is 0 Å². The lowest BCUT2D eigenvalue weighted by Crippen LogP contribution is -2.42. The Morgan fingerprint density at radius 1 is 0.914 bits per heavy atom. The molecular formula is C30H43ClN2O2. The molecule has 192 valence electrons. The van der Waals surface area contributed by atoms with E-state index in [2.05, 4.69) is 48.0 Å².